The maximum Gasteiger partial charge on any atom is 0.164 e. The van der Waals surface area contributed by atoms with Gasteiger partial charge in [0, 0.05) is 59.4 Å². The van der Waals surface area contributed by atoms with Crippen molar-refractivity contribution in [2.75, 3.05) is 0 Å². The summed E-state index contributed by atoms with van der Waals surface area (Å²) in [4.78, 5) is 25.9. The van der Waals surface area contributed by atoms with Gasteiger partial charge in [-0.15, -0.1) is 11.3 Å². The minimum Gasteiger partial charge on any atom is -0.456 e. The van der Waals surface area contributed by atoms with E-state index in [4.69, 9.17) is 33.8 Å². The van der Waals surface area contributed by atoms with Crippen LogP contribution < -0.4 is 0 Å². The minimum atomic E-state index is 0.538. The third-order valence-electron chi connectivity index (χ3n) is 10.6. The topological polar surface area (TPSA) is 90.7 Å². The summed E-state index contributed by atoms with van der Waals surface area (Å²) in [6.07, 6.45) is 0. The van der Waals surface area contributed by atoms with Crippen molar-refractivity contribution in [2.24, 2.45) is 0 Å². The van der Waals surface area contributed by atoms with Gasteiger partial charge < -0.3 is 8.83 Å². The first-order valence-corrected chi connectivity index (χ1v) is 19.5. The van der Waals surface area contributed by atoms with E-state index < -0.39 is 0 Å². The third-order valence-corrected chi connectivity index (χ3v) is 11.7. The van der Waals surface area contributed by atoms with Crippen molar-refractivity contribution in [1.82, 2.24) is 24.9 Å². The van der Waals surface area contributed by atoms with E-state index in [0.29, 0.717) is 23.3 Å². The molecule has 7 nitrogen and oxygen atoms in total. The highest BCUT2D eigenvalue weighted by molar-refractivity contribution is 7.26. The summed E-state index contributed by atoms with van der Waals surface area (Å²) in [5, 5.41) is 4.92. The molecule has 12 rings (SSSR count). The number of nitrogens with zero attached hydrogens (tertiary/aromatic N) is 5. The van der Waals surface area contributed by atoms with Crippen molar-refractivity contribution in [3.63, 3.8) is 0 Å². The molecule has 0 bridgehead atoms. The number of benzene rings is 7. The van der Waals surface area contributed by atoms with Gasteiger partial charge in [-0.25, -0.2) is 24.9 Å². The highest BCUT2D eigenvalue weighted by atomic mass is 32.1. The molecule has 0 atom stereocenters. The zero-order valence-corrected chi connectivity index (χ0v) is 30.9. The molecule has 0 N–H and O–H groups in total. The Morgan fingerprint density at radius 2 is 0.930 bits per heavy atom. The zero-order chi connectivity index (χ0) is 37.5. The van der Waals surface area contributed by atoms with E-state index in [1.807, 2.05) is 91.0 Å². The van der Waals surface area contributed by atoms with Crippen molar-refractivity contribution in [2.45, 2.75) is 0 Å². The second-order valence-corrected chi connectivity index (χ2v) is 15.0. The summed E-state index contributed by atoms with van der Waals surface area (Å²) in [7, 11) is 0. The molecule has 5 heterocycles. The van der Waals surface area contributed by atoms with Crippen LogP contribution >= 0.6 is 11.3 Å². The second kappa shape index (κ2) is 12.5. The molecule has 0 radical (unpaired) electrons. The standard InChI is InChI=1S/C49H27N5O2S/c1-3-13-28(14-4-1)43-45-44(32-18-8-10-24-40(32)57-45)51-47(50-43)30-25-26-37-35(27-30)42-34(20-12-23-39(42)56-37)49-53-46(29-15-5-2-6-16-29)52-48(54-49)33-19-11-22-38-41(33)31-17-7-9-21-36(31)55-38/h1-27H. The molecule has 0 aliphatic rings. The van der Waals surface area contributed by atoms with Gasteiger partial charge in [0.05, 0.1) is 15.9 Å². The Hall–Kier alpha value is -7.55. The molecule has 7 aromatic carbocycles. The number of hydrogen-bond acceptors (Lipinski definition) is 8. The summed E-state index contributed by atoms with van der Waals surface area (Å²) in [6, 6.07) is 55.1. The SMILES string of the molecule is c1ccc(-c2nc(-c3cccc4oc5ccccc5c34)nc(-c3cccc4oc5ccc(-c6nc(-c7ccccc7)c7sc8ccccc8c7n6)cc5c34)n2)cc1. The fourth-order valence-corrected chi connectivity index (χ4v) is 9.11. The molecule has 0 aliphatic carbocycles. The highest BCUT2D eigenvalue weighted by Gasteiger charge is 2.22. The van der Waals surface area contributed by atoms with Crippen molar-refractivity contribution in [3.05, 3.63) is 164 Å². The average Bonchev–Trinajstić information content (AvgIpc) is 3.97. The smallest absolute Gasteiger partial charge is 0.164 e. The van der Waals surface area contributed by atoms with Crippen molar-refractivity contribution in [1.29, 1.82) is 0 Å². The number of aromatic nitrogens is 5. The largest absolute Gasteiger partial charge is 0.456 e. The van der Waals surface area contributed by atoms with Crippen molar-refractivity contribution < 1.29 is 8.83 Å². The molecule has 12 aromatic rings. The predicted molar refractivity (Wildman–Crippen MR) is 230 cm³/mol. The van der Waals surface area contributed by atoms with E-state index >= 15 is 0 Å². The van der Waals surface area contributed by atoms with E-state index in [1.165, 1.54) is 4.70 Å². The van der Waals surface area contributed by atoms with Crippen LogP contribution in [0.5, 0.6) is 0 Å². The molecule has 57 heavy (non-hydrogen) atoms. The van der Waals surface area contributed by atoms with Gasteiger partial charge in [-0.05, 0) is 42.5 Å². The van der Waals surface area contributed by atoms with Crippen LogP contribution in [0.15, 0.2) is 173 Å². The summed E-state index contributed by atoms with van der Waals surface area (Å²) in [5.41, 5.74) is 9.46. The van der Waals surface area contributed by atoms with Crippen LogP contribution in [0.3, 0.4) is 0 Å². The lowest BCUT2D eigenvalue weighted by Crippen LogP contribution is -2.00. The molecule has 0 fully saturated rings. The summed E-state index contributed by atoms with van der Waals surface area (Å²) < 4.78 is 15.0. The monoisotopic (exact) mass is 749 g/mol. The van der Waals surface area contributed by atoms with Crippen LogP contribution in [0.4, 0.5) is 0 Å². The minimum absolute atomic E-state index is 0.538. The molecular formula is C49H27N5O2S. The lowest BCUT2D eigenvalue weighted by molar-refractivity contribution is 0.668. The second-order valence-electron chi connectivity index (χ2n) is 14.0. The Labute approximate surface area is 328 Å². The molecule has 8 heteroatoms. The molecule has 0 saturated heterocycles. The first-order chi connectivity index (χ1) is 28.2. The van der Waals surface area contributed by atoms with Gasteiger partial charge in [0.15, 0.2) is 23.3 Å². The summed E-state index contributed by atoms with van der Waals surface area (Å²) in [5.74, 6) is 2.31. The van der Waals surface area contributed by atoms with Gasteiger partial charge in [0.1, 0.15) is 22.3 Å². The van der Waals surface area contributed by atoms with Crippen LogP contribution in [-0.2, 0) is 0 Å². The predicted octanol–water partition coefficient (Wildman–Crippen LogP) is 13.2. The zero-order valence-electron chi connectivity index (χ0n) is 30.0. The lowest BCUT2D eigenvalue weighted by Gasteiger charge is -2.10. The number of furan rings is 2. The number of rotatable bonds is 5. The van der Waals surface area contributed by atoms with Crippen molar-refractivity contribution >= 4 is 75.5 Å². The Balaban J connectivity index is 1.09. The Morgan fingerprint density at radius 3 is 1.67 bits per heavy atom. The fourth-order valence-electron chi connectivity index (χ4n) is 7.96. The van der Waals surface area contributed by atoms with Gasteiger partial charge in [-0.3, -0.25) is 0 Å². The fraction of sp³-hybridized carbons (Fsp3) is 0. The van der Waals surface area contributed by atoms with E-state index in [0.717, 1.165) is 93.0 Å². The van der Waals surface area contributed by atoms with E-state index in [1.54, 1.807) is 11.3 Å². The van der Waals surface area contributed by atoms with Gasteiger partial charge >= 0.3 is 0 Å². The van der Waals surface area contributed by atoms with Crippen LogP contribution in [-0.4, -0.2) is 24.9 Å². The third kappa shape index (κ3) is 5.08. The van der Waals surface area contributed by atoms with Gasteiger partial charge in [0.25, 0.3) is 0 Å². The Morgan fingerprint density at radius 1 is 0.368 bits per heavy atom. The first-order valence-electron chi connectivity index (χ1n) is 18.7. The number of hydrogen-bond donors (Lipinski definition) is 0. The van der Waals surface area contributed by atoms with Gasteiger partial charge in [0.2, 0.25) is 0 Å². The molecule has 0 saturated carbocycles. The maximum absolute atomic E-state index is 6.52. The lowest BCUT2D eigenvalue weighted by atomic mass is 10.0. The summed E-state index contributed by atoms with van der Waals surface area (Å²) >= 11 is 1.73. The van der Waals surface area contributed by atoms with E-state index in [9.17, 15) is 0 Å². The molecule has 0 unspecified atom stereocenters. The Bertz CT molecular complexity index is 3540. The van der Waals surface area contributed by atoms with Gasteiger partial charge in [-0.2, -0.15) is 0 Å². The van der Waals surface area contributed by atoms with Crippen LogP contribution in [0.2, 0.25) is 0 Å². The molecule has 5 aromatic heterocycles. The maximum atomic E-state index is 6.52. The van der Waals surface area contributed by atoms with Crippen LogP contribution in [0.25, 0.3) is 121 Å². The molecule has 0 amide bonds. The molecule has 266 valence electrons. The van der Waals surface area contributed by atoms with Gasteiger partial charge in [-0.1, -0.05) is 121 Å². The average molecular weight is 750 g/mol. The molecular weight excluding hydrogens is 723 g/mol. The highest BCUT2D eigenvalue weighted by Crippen LogP contribution is 2.42. The van der Waals surface area contributed by atoms with E-state index in [-0.39, 0.29) is 0 Å². The Kier molecular flexibility index (Phi) is 6.96. The number of para-hydroxylation sites is 1. The van der Waals surface area contributed by atoms with E-state index in [2.05, 4.69) is 72.8 Å². The molecule has 0 spiro atoms. The van der Waals surface area contributed by atoms with Crippen molar-refractivity contribution in [3.8, 4) is 56.8 Å². The normalized spacial score (nSPS) is 11.9. The first kappa shape index (κ1) is 31.8. The van der Waals surface area contributed by atoms with Crippen LogP contribution in [0.1, 0.15) is 0 Å². The molecule has 0 aliphatic heterocycles. The summed E-state index contributed by atoms with van der Waals surface area (Å²) in [6.45, 7) is 0. The number of fused-ring (bicyclic) bond motifs is 9. The van der Waals surface area contributed by atoms with Crippen LogP contribution in [0, 0.1) is 0 Å². The number of thiophene rings is 1. The quantitative estimate of drug-likeness (QED) is 0.173.